The van der Waals surface area contributed by atoms with Crippen molar-refractivity contribution in [2.75, 3.05) is 7.11 Å². The van der Waals surface area contributed by atoms with Gasteiger partial charge in [-0.05, 0) is 24.3 Å². The largest absolute Gasteiger partial charge is 0.497 e. The molecular formula is C17H12FNO2. The zero-order valence-corrected chi connectivity index (χ0v) is 11.3. The molecule has 0 fully saturated rings. The summed E-state index contributed by atoms with van der Waals surface area (Å²) in [5, 5.41) is 0.934. The monoisotopic (exact) mass is 281 g/mol. The van der Waals surface area contributed by atoms with Gasteiger partial charge in [-0.1, -0.05) is 18.2 Å². The Labute approximate surface area is 121 Å². The van der Waals surface area contributed by atoms with Gasteiger partial charge in [0.15, 0.2) is 5.78 Å². The second-order valence-corrected chi connectivity index (χ2v) is 4.59. The Balaban J connectivity index is 2.03. The fourth-order valence-corrected chi connectivity index (χ4v) is 2.17. The van der Waals surface area contributed by atoms with E-state index >= 15 is 0 Å². The maximum Gasteiger partial charge on any atom is 0.196 e. The van der Waals surface area contributed by atoms with Crippen LogP contribution in [0, 0.1) is 5.82 Å². The van der Waals surface area contributed by atoms with E-state index in [1.165, 1.54) is 19.2 Å². The molecule has 1 aromatic heterocycles. The molecule has 0 N–H and O–H groups in total. The number of halogens is 1. The highest BCUT2D eigenvalue weighted by Crippen LogP contribution is 2.21. The molecule has 0 radical (unpaired) electrons. The fraction of sp³-hybridized carbons (Fsp3) is 0.0588. The van der Waals surface area contributed by atoms with E-state index in [0.717, 1.165) is 5.39 Å². The Morgan fingerprint density at radius 1 is 1.14 bits per heavy atom. The van der Waals surface area contributed by atoms with Crippen molar-refractivity contribution in [1.82, 2.24) is 4.98 Å². The van der Waals surface area contributed by atoms with E-state index in [4.69, 9.17) is 4.74 Å². The van der Waals surface area contributed by atoms with Gasteiger partial charge in [0.05, 0.1) is 18.2 Å². The lowest BCUT2D eigenvalue weighted by Gasteiger charge is -2.06. The summed E-state index contributed by atoms with van der Waals surface area (Å²) in [7, 11) is 1.45. The van der Waals surface area contributed by atoms with E-state index in [-0.39, 0.29) is 11.3 Å². The highest BCUT2D eigenvalue weighted by atomic mass is 19.1. The number of aromatic nitrogens is 1. The summed E-state index contributed by atoms with van der Waals surface area (Å²) in [5.41, 5.74) is 1.13. The van der Waals surface area contributed by atoms with Crippen molar-refractivity contribution in [2.24, 2.45) is 0 Å². The minimum atomic E-state index is -0.597. The fourth-order valence-electron chi connectivity index (χ4n) is 2.17. The summed E-state index contributed by atoms with van der Waals surface area (Å²) >= 11 is 0. The maximum absolute atomic E-state index is 14.0. The summed E-state index contributed by atoms with van der Waals surface area (Å²) in [6.07, 6.45) is 1.66. The van der Waals surface area contributed by atoms with Crippen LogP contribution in [0.5, 0.6) is 5.75 Å². The number of ether oxygens (including phenoxy) is 1. The van der Waals surface area contributed by atoms with Crippen molar-refractivity contribution in [3.05, 3.63) is 71.7 Å². The summed E-state index contributed by atoms with van der Waals surface area (Å²) in [6, 6.07) is 13.1. The van der Waals surface area contributed by atoms with E-state index in [0.29, 0.717) is 16.8 Å². The lowest BCUT2D eigenvalue weighted by molar-refractivity contribution is 0.103. The third-order valence-electron chi connectivity index (χ3n) is 3.29. The van der Waals surface area contributed by atoms with Gasteiger partial charge in [0.1, 0.15) is 11.6 Å². The van der Waals surface area contributed by atoms with Crippen LogP contribution < -0.4 is 4.74 Å². The molecule has 0 atom stereocenters. The van der Waals surface area contributed by atoms with Crippen LogP contribution in [-0.4, -0.2) is 17.9 Å². The predicted molar refractivity (Wildman–Crippen MR) is 78.1 cm³/mol. The predicted octanol–water partition coefficient (Wildman–Crippen LogP) is 3.61. The third kappa shape index (κ3) is 2.48. The number of hydrogen-bond acceptors (Lipinski definition) is 3. The summed E-state index contributed by atoms with van der Waals surface area (Å²) < 4.78 is 18.9. The highest BCUT2D eigenvalue weighted by Gasteiger charge is 2.15. The number of methoxy groups -OCH3 is 1. The minimum absolute atomic E-state index is 0.0195. The minimum Gasteiger partial charge on any atom is -0.497 e. The van der Waals surface area contributed by atoms with Gasteiger partial charge in [0.25, 0.3) is 0 Å². The molecule has 0 saturated heterocycles. The molecule has 3 aromatic rings. The van der Waals surface area contributed by atoms with Gasteiger partial charge in [0.2, 0.25) is 0 Å². The SMILES string of the molecule is COc1ccc(C(=O)c2ccc3cccnc3c2)c(F)c1. The smallest absolute Gasteiger partial charge is 0.196 e. The Hall–Kier alpha value is -2.75. The molecule has 3 rings (SSSR count). The quantitative estimate of drug-likeness (QED) is 0.688. The van der Waals surface area contributed by atoms with Crippen molar-refractivity contribution in [2.45, 2.75) is 0 Å². The molecule has 0 aliphatic heterocycles. The van der Waals surface area contributed by atoms with E-state index in [1.807, 2.05) is 12.1 Å². The van der Waals surface area contributed by atoms with Crippen LogP contribution in [0.2, 0.25) is 0 Å². The van der Waals surface area contributed by atoms with E-state index in [9.17, 15) is 9.18 Å². The average molecular weight is 281 g/mol. The van der Waals surface area contributed by atoms with Gasteiger partial charge in [-0.15, -0.1) is 0 Å². The number of pyridine rings is 1. The average Bonchev–Trinajstić information content (AvgIpc) is 2.53. The Kier molecular flexibility index (Phi) is 3.36. The molecule has 0 bridgehead atoms. The number of ketones is 1. The molecule has 0 saturated carbocycles. The maximum atomic E-state index is 14.0. The van der Waals surface area contributed by atoms with Crippen LogP contribution in [0.4, 0.5) is 4.39 Å². The van der Waals surface area contributed by atoms with Gasteiger partial charge in [-0.25, -0.2) is 4.39 Å². The topological polar surface area (TPSA) is 39.2 Å². The molecule has 3 nitrogen and oxygen atoms in total. The van der Waals surface area contributed by atoms with Crippen LogP contribution >= 0.6 is 0 Å². The molecule has 21 heavy (non-hydrogen) atoms. The van der Waals surface area contributed by atoms with Crippen LogP contribution in [0.3, 0.4) is 0 Å². The molecular weight excluding hydrogens is 269 g/mol. The number of rotatable bonds is 3. The van der Waals surface area contributed by atoms with E-state index in [2.05, 4.69) is 4.98 Å². The molecule has 4 heteroatoms. The molecule has 1 heterocycles. The first-order valence-electron chi connectivity index (χ1n) is 6.42. The first kappa shape index (κ1) is 13.2. The Morgan fingerprint density at radius 3 is 2.76 bits per heavy atom. The Bertz CT molecular complexity index is 830. The molecule has 0 amide bonds. The molecule has 0 aliphatic rings. The van der Waals surface area contributed by atoms with Crippen molar-refractivity contribution >= 4 is 16.7 Å². The van der Waals surface area contributed by atoms with Crippen molar-refractivity contribution in [3.8, 4) is 5.75 Å². The Morgan fingerprint density at radius 2 is 2.00 bits per heavy atom. The number of nitrogens with zero attached hydrogens (tertiary/aromatic N) is 1. The number of carbonyl (C=O) groups is 1. The normalized spacial score (nSPS) is 10.6. The number of fused-ring (bicyclic) bond motifs is 1. The van der Waals surface area contributed by atoms with Crippen molar-refractivity contribution in [3.63, 3.8) is 0 Å². The standard InChI is InChI=1S/C17H12FNO2/c1-21-13-6-7-14(15(18)10-13)17(20)12-5-4-11-3-2-8-19-16(11)9-12/h2-10H,1H3. The van der Waals surface area contributed by atoms with Crippen molar-refractivity contribution < 1.29 is 13.9 Å². The third-order valence-corrected chi connectivity index (χ3v) is 3.29. The molecule has 2 aromatic carbocycles. The van der Waals surface area contributed by atoms with Gasteiger partial charge in [-0.3, -0.25) is 9.78 Å². The van der Waals surface area contributed by atoms with E-state index in [1.54, 1.807) is 30.5 Å². The number of carbonyl (C=O) groups excluding carboxylic acids is 1. The molecule has 104 valence electrons. The van der Waals surface area contributed by atoms with Gasteiger partial charge in [0, 0.05) is 23.2 Å². The van der Waals surface area contributed by atoms with Gasteiger partial charge >= 0.3 is 0 Å². The van der Waals surface area contributed by atoms with Crippen LogP contribution in [0.15, 0.2) is 54.7 Å². The van der Waals surface area contributed by atoms with Gasteiger partial charge < -0.3 is 4.74 Å². The second-order valence-electron chi connectivity index (χ2n) is 4.59. The molecule has 0 spiro atoms. The van der Waals surface area contributed by atoms with Crippen LogP contribution in [0.25, 0.3) is 10.9 Å². The van der Waals surface area contributed by atoms with Gasteiger partial charge in [-0.2, -0.15) is 0 Å². The molecule has 0 aliphatic carbocycles. The highest BCUT2D eigenvalue weighted by molar-refractivity contribution is 6.10. The van der Waals surface area contributed by atoms with Crippen LogP contribution in [0.1, 0.15) is 15.9 Å². The summed E-state index contributed by atoms with van der Waals surface area (Å²) in [4.78, 5) is 16.6. The lowest BCUT2D eigenvalue weighted by Crippen LogP contribution is -2.04. The lowest BCUT2D eigenvalue weighted by atomic mass is 10.0. The summed E-state index contributed by atoms with van der Waals surface area (Å²) in [5.74, 6) is -0.590. The molecule has 0 unspecified atom stereocenters. The zero-order chi connectivity index (χ0) is 14.8. The number of hydrogen-bond donors (Lipinski definition) is 0. The van der Waals surface area contributed by atoms with E-state index < -0.39 is 5.82 Å². The number of benzene rings is 2. The first-order valence-corrected chi connectivity index (χ1v) is 6.42. The first-order chi connectivity index (χ1) is 10.2. The van der Waals surface area contributed by atoms with Crippen LogP contribution in [-0.2, 0) is 0 Å². The zero-order valence-electron chi connectivity index (χ0n) is 11.3. The van der Waals surface area contributed by atoms with Crippen molar-refractivity contribution in [1.29, 1.82) is 0 Å². The summed E-state index contributed by atoms with van der Waals surface area (Å²) in [6.45, 7) is 0. The second kappa shape index (κ2) is 5.32.